The minimum Gasteiger partial charge on any atom is -0.473 e. The van der Waals surface area contributed by atoms with Crippen LogP contribution in [0.1, 0.15) is 429 Å². The van der Waals surface area contributed by atoms with Gasteiger partial charge < -0.3 is 55.5 Å². The van der Waals surface area contributed by atoms with Gasteiger partial charge in [0.15, 0.2) is 0 Å². The van der Waals surface area contributed by atoms with Crippen LogP contribution in [0.4, 0.5) is 10.5 Å². The molecule has 3 aromatic carbocycles. The van der Waals surface area contributed by atoms with Crippen LogP contribution in [-0.2, 0) is 20.6 Å². The van der Waals surface area contributed by atoms with E-state index in [0.29, 0.717) is 71.6 Å². The zero-order valence-corrected chi connectivity index (χ0v) is 108. The minimum atomic E-state index is -0.187. The summed E-state index contributed by atoms with van der Waals surface area (Å²) in [5, 5.41) is 34.4. The molecule has 0 radical (unpaired) electrons. The Morgan fingerprint density at radius 3 is 0.812 bits per heavy atom. The largest absolute Gasteiger partial charge is 0.473 e. The molecular formula is C129H249N15O5. The van der Waals surface area contributed by atoms with Crippen LogP contribution < -0.4 is 31.9 Å². The van der Waals surface area contributed by atoms with E-state index < -0.39 is 0 Å². The molecule has 0 spiro atoms. The van der Waals surface area contributed by atoms with E-state index >= 15 is 0 Å². The van der Waals surface area contributed by atoms with Gasteiger partial charge in [0.2, 0.25) is 0 Å². The second kappa shape index (κ2) is 94.3. The number of benzene rings is 3. The lowest BCUT2D eigenvalue weighted by molar-refractivity contribution is 0.109. The van der Waals surface area contributed by atoms with Gasteiger partial charge in [-0.15, -0.1) is 0 Å². The summed E-state index contributed by atoms with van der Waals surface area (Å²) in [6, 6.07) is 35.2. The van der Waals surface area contributed by atoms with E-state index in [2.05, 4.69) is 415 Å². The normalized spacial score (nSPS) is 14.8. The van der Waals surface area contributed by atoms with E-state index in [1.165, 1.54) is 115 Å². The maximum absolute atomic E-state index is 10.9. The van der Waals surface area contributed by atoms with Crippen LogP contribution in [0.15, 0.2) is 175 Å². The maximum Gasteiger partial charge on any atom is 0.410 e. The summed E-state index contributed by atoms with van der Waals surface area (Å²) >= 11 is 0. The number of fused-ring (bicyclic) bond motifs is 3. The molecule has 149 heavy (non-hydrogen) atoms. The molecule has 13 heterocycles. The Bertz CT molecular complexity index is 3410. The molecule has 5 aromatic heterocycles. The average molecular weight is 2090 g/mol. The summed E-state index contributed by atoms with van der Waals surface area (Å²) in [6.07, 6.45) is 33.5. The standard InChI is InChI=1S/C8H6N2.C8H7N.C7H6N2.C7H13NO2.C6H13N.C5H11N.12C5H12.C4H10N2.C4H4N2.C4H9NO.C4H9N.C4H5N.C4H8O.C4H4O/c1-2-4-8-7(3-1)9-5-6-10-8;1-2-4-8-7(3-1)5-6-9-8;1-2-4-7-6(3-1)5-8-9-7;1-7(2,3)8-4-5-10-6(8)9;1-2-4-6-7-5-3-1;1-2-4-6-5-3-1;12*1-5(2,3)4;1-2-6-4-3-5-1;1-2-4-6-5-3-1;1-3-6-4-2-5-1;4*1-2-4-5-3-1/h1-6H;1-4,6H,5H2;1-5H,(H,8,9);4-5H2,1-3H3;7H,1-6H2;6H,1-5H2;12*1-4H3;5-6H,1-4H2;1-4H;5H,1-4H2;5H,1-4H2;1-5H;1-4H2;1-4H. The van der Waals surface area contributed by atoms with E-state index in [0.717, 1.165) is 106 Å². The number of hydrogen-bond acceptors (Lipinski definition) is 17. The van der Waals surface area contributed by atoms with Gasteiger partial charge in [-0.1, -0.05) is 400 Å². The molecule has 0 aliphatic carbocycles. The summed E-state index contributed by atoms with van der Waals surface area (Å²) in [7, 11) is 0. The van der Waals surface area contributed by atoms with Gasteiger partial charge in [0.1, 0.15) is 6.61 Å². The summed E-state index contributed by atoms with van der Waals surface area (Å²) in [4.78, 5) is 27.9. The summed E-state index contributed by atoms with van der Waals surface area (Å²) in [5.41, 5.74) is 11.4. The number of rotatable bonds is 0. The first-order chi connectivity index (χ1) is 67.9. The van der Waals surface area contributed by atoms with Crippen LogP contribution in [0, 0.1) is 65.0 Å². The number of morpholine rings is 1. The van der Waals surface area contributed by atoms with Gasteiger partial charge in [-0.2, -0.15) is 15.3 Å². The van der Waals surface area contributed by atoms with Gasteiger partial charge in [-0.25, -0.2) is 4.79 Å². The molecular weight excluding hydrogens is 1840 g/mol. The molecule has 0 unspecified atom stereocenters. The molecule has 7 fully saturated rings. The Balaban J connectivity index is -0.000000197. The summed E-state index contributed by atoms with van der Waals surface area (Å²) in [6.45, 7) is 130. The van der Waals surface area contributed by atoms with Crippen LogP contribution in [-0.4, -0.2) is 176 Å². The van der Waals surface area contributed by atoms with E-state index in [-0.39, 0.29) is 11.6 Å². The number of carbonyl (C=O) groups is 1. The van der Waals surface area contributed by atoms with Crippen molar-refractivity contribution in [1.29, 1.82) is 0 Å². The van der Waals surface area contributed by atoms with Gasteiger partial charge in [-0.05, 0) is 243 Å². The van der Waals surface area contributed by atoms with E-state index in [1.54, 1.807) is 42.2 Å². The number of carbonyl (C=O) groups excluding carboxylic acids is 1. The Hall–Kier alpha value is -7.27. The Morgan fingerprint density at radius 1 is 0.289 bits per heavy atom. The SMILES string of the molecule is C1=Nc2ccccc2C1.C1CCCNCC1.C1CCNC1.C1CCNCC1.C1CCOC1.C1CNCCN1.C1COCCN1.CC(C)(C)C.CC(C)(C)C.CC(C)(C)C.CC(C)(C)C.CC(C)(C)C.CC(C)(C)C.CC(C)(C)C.CC(C)(C)C.CC(C)(C)C.CC(C)(C)C.CC(C)(C)C.CC(C)(C)C.CC(C)(C)N1CCOC1=O.c1cc[nH]c1.c1ccc2[nH]ncc2c1.c1ccc2nccnc2c1.c1ccnnc1.c1ccoc1. The number of para-hydroxylation sites is 4. The zero-order chi connectivity index (χ0) is 117. The molecule has 16 rings (SSSR count). The van der Waals surface area contributed by atoms with Crippen molar-refractivity contribution in [2.45, 2.75) is 436 Å². The molecule has 0 saturated carbocycles. The number of piperidine rings is 1. The third kappa shape index (κ3) is 217. The highest BCUT2D eigenvalue weighted by Crippen LogP contribution is 2.23. The fourth-order valence-corrected chi connectivity index (χ4v) is 8.64. The fraction of sp³-hybridized carbons (Fsp3) is 0.729. The lowest BCUT2D eigenvalue weighted by atomic mass is 10.0. The zero-order valence-electron chi connectivity index (χ0n) is 108. The number of H-pyrrole nitrogens is 2. The topological polar surface area (TPSA) is 242 Å². The van der Waals surface area contributed by atoms with E-state index in [9.17, 15) is 4.79 Å². The van der Waals surface area contributed by atoms with Crippen LogP contribution in [0.3, 0.4) is 0 Å². The molecule has 7 saturated heterocycles. The Morgan fingerprint density at radius 2 is 0.584 bits per heavy atom. The lowest BCUT2D eigenvalue weighted by Gasteiger charge is -2.28. The van der Waals surface area contributed by atoms with Crippen molar-refractivity contribution in [3.63, 3.8) is 0 Å². The number of amides is 1. The van der Waals surface area contributed by atoms with Crippen LogP contribution >= 0.6 is 0 Å². The molecule has 0 bridgehead atoms. The lowest BCUT2D eigenvalue weighted by Crippen LogP contribution is -2.41. The first-order valence-electron chi connectivity index (χ1n) is 56.2. The second-order valence-corrected chi connectivity index (χ2v) is 57.8. The highest BCUT2D eigenvalue weighted by atomic mass is 16.6. The van der Waals surface area contributed by atoms with Crippen LogP contribution in [0.5, 0.6) is 0 Å². The quantitative estimate of drug-likeness (QED) is 0.0704. The molecule has 8 aliphatic heterocycles. The van der Waals surface area contributed by atoms with Crippen molar-refractivity contribution >= 4 is 39.9 Å². The monoisotopic (exact) mass is 2090 g/mol. The number of ether oxygens (including phenoxy) is 3. The molecule has 8 N–H and O–H groups in total. The van der Waals surface area contributed by atoms with Crippen LogP contribution in [0.2, 0.25) is 0 Å². The third-order valence-corrected chi connectivity index (χ3v) is 13.5. The number of hydrogen-bond donors (Lipinski definition) is 8. The van der Waals surface area contributed by atoms with Crippen molar-refractivity contribution in [3.8, 4) is 0 Å². The second-order valence-electron chi connectivity index (χ2n) is 57.8. The van der Waals surface area contributed by atoms with Crippen molar-refractivity contribution in [2.75, 3.05) is 118 Å². The number of cyclic esters (lactones) is 1. The highest BCUT2D eigenvalue weighted by molar-refractivity contribution is 5.77. The molecule has 20 nitrogen and oxygen atoms in total. The summed E-state index contributed by atoms with van der Waals surface area (Å²) < 4.78 is 19.3. The summed E-state index contributed by atoms with van der Waals surface area (Å²) in [5.74, 6) is 0. The number of nitrogens with one attached hydrogen (secondary N) is 8. The van der Waals surface area contributed by atoms with Crippen molar-refractivity contribution in [2.24, 2.45) is 70.0 Å². The molecule has 8 aliphatic rings. The predicted octanol–water partition coefficient (Wildman–Crippen LogP) is 35.6. The van der Waals surface area contributed by atoms with E-state index in [4.69, 9.17) is 14.2 Å². The average Bonchev–Trinajstić information content (AvgIpc) is 1.75. The molecule has 1 amide bonds. The maximum atomic E-state index is 10.9. The molecule has 870 valence electrons. The molecule has 0 atom stereocenters. The Labute approximate surface area is 924 Å². The highest BCUT2D eigenvalue weighted by Gasteiger charge is 2.31. The van der Waals surface area contributed by atoms with Crippen molar-refractivity contribution in [1.82, 2.24) is 72.1 Å². The van der Waals surface area contributed by atoms with Gasteiger partial charge in [0, 0.05) is 113 Å². The van der Waals surface area contributed by atoms with Crippen LogP contribution in [0.25, 0.3) is 21.9 Å². The first-order valence-corrected chi connectivity index (χ1v) is 56.2. The fourth-order valence-electron chi connectivity index (χ4n) is 8.64. The number of aromatic amines is 2. The number of piperazine rings is 1. The number of aliphatic imine (C=N–C) groups is 1. The molecule has 20 heteroatoms. The van der Waals surface area contributed by atoms with Gasteiger partial charge in [-0.3, -0.25) is 25.0 Å². The number of nitrogens with zero attached hydrogens (tertiary/aromatic N) is 7. The minimum absolute atomic E-state index is 0.0897. The Kier molecular flexibility index (Phi) is 101. The number of furan rings is 1. The van der Waals surface area contributed by atoms with Gasteiger partial charge in [0.05, 0.1) is 60.7 Å². The predicted molar refractivity (Wildman–Crippen MR) is 664 cm³/mol. The third-order valence-electron chi connectivity index (χ3n) is 13.5. The number of aromatic nitrogens is 7. The molecule has 8 aromatic rings. The smallest absolute Gasteiger partial charge is 0.410 e. The van der Waals surface area contributed by atoms with Crippen molar-refractivity contribution in [3.05, 3.63) is 171 Å². The first kappa shape index (κ1) is 159. The van der Waals surface area contributed by atoms with Gasteiger partial charge in [0.25, 0.3) is 0 Å². The van der Waals surface area contributed by atoms with Crippen molar-refractivity contribution < 1.29 is 23.4 Å². The van der Waals surface area contributed by atoms with E-state index in [1.807, 2.05) is 149 Å². The van der Waals surface area contributed by atoms with Gasteiger partial charge >= 0.3 is 6.09 Å².